The summed E-state index contributed by atoms with van der Waals surface area (Å²) in [5.41, 5.74) is 0.989. The average Bonchev–Trinajstić information content (AvgIpc) is 2.55. The number of halogens is 1. The highest BCUT2D eigenvalue weighted by Crippen LogP contribution is 2.24. The van der Waals surface area contributed by atoms with Crippen LogP contribution in [0.3, 0.4) is 0 Å². The molecule has 0 radical (unpaired) electrons. The third kappa shape index (κ3) is 2.75. The van der Waals surface area contributed by atoms with Crippen molar-refractivity contribution in [2.75, 3.05) is 5.32 Å². The average molecular weight is 366 g/mol. The van der Waals surface area contributed by atoms with Gasteiger partial charge in [0.1, 0.15) is 16.2 Å². The van der Waals surface area contributed by atoms with Crippen molar-refractivity contribution < 1.29 is 0 Å². The molecule has 0 spiro atoms. The monoisotopic (exact) mass is 365 g/mol. The highest BCUT2D eigenvalue weighted by molar-refractivity contribution is 9.10. The van der Waals surface area contributed by atoms with Crippen molar-refractivity contribution in [2.45, 2.75) is 19.8 Å². The Labute approximate surface area is 142 Å². The molecule has 4 heteroatoms. The van der Waals surface area contributed by atoms with Gasteiger partial charge in [0.15, 0.2) is 0 Å². The lowest BCUT2D eigenvalue weighted by Gasteiger charge is -2.11. The zero-order valence-corrected chi connectivity index (χ0v) is 14.4. The lowest BCUT2D eigenvalue weighted by atomic mass is 10.1. The number of hydrogen-bond donors (Lipinski definition) is 1. The summed E-state index contributed by atoms with van der Waals surface area (Å²) in [6.07, 6.45) is 6.64. The molecule has 1 aliphatic carbocycles. The highest BCUT2D eigenvalue weighted by Gasteiger charge is 2.07. The largest absolute Gasteiger partial charge is 0.324 e. The van der Waals surface area contributed by atoms with Gasteiger partial charge in [-0.05, 0) is 58.4 Å². The molecule has 0 unspecified atom stereocenters. The Hall–Kier alpha value is -2.20. The van der Waals surface area contributed by atoms with Gasteiger partial charge >= 0.3 is 0 Å². The normalized spacial score (nSPS) is 13.1. The van der Waals surface area contributed by atoms with Crippen LogP contribution in [0.25, 0.3) is 22.9 Å². The van der Waals surface area contributed by atoms with E-state index in [1.165, 1.54) is 15.8 Å². The van der Waals surface area contributed by atoms with Crippen LogP contribution in [-0.4, -0.2) is 9.97 Å². The minimum Gasteiger partial charge on any atom is -0.324 e. The molecule has 0 saturated carbocycles. The van der Waals surface area contributed by atoms with Gasteiger partial charge in [-0.25, -0.2) is 9.97 Å². The first-order valence-corrected chi connectivity index (χ1v) is 8.50. The van der Waals surface area contributed by atoms with Crippen LogP contribution < -0.4 is 15.8 Å². The Bertz CT molecular complexity index is 1020. The predicted octanol–water partition coefficient (Wildman–Crippen LogP) is 3.80. The number of fused-ring (bicyclic) bond motifs is 2. The molecule has 0 fully saturated rings. The molecule has 2 aromatic heterocycles. The van der Waals surface area contributed by atoms with Gasteiger partial charge in [-0.2, -0.15) is 0 Å². The summed E-state index contributed by atoms with van der Waals surface area (Å²) in [5.74, 6) is 1.66. The van der Waals surface area contributed by atoms with Gasteiger partial charge in [-0.1, -0.05) is 36.4 Å². The summed E-state index contributed by atoms with van der Waals surface area (Å²) in [4.78, 5) is 9.29. The number of anilines is 2. The maximum absolute atomic E-state index is 4.65. The minimum absolute atomic E-state index is 0.811. The number of nitrogens with zero attached hydrogens (tertiary/aromatic N) is 2. The zero-order valence-electron chi connectivity index (χ0n) is 12.8. The summed E-state index contributed by atoms with van der Waals surface area (Å²) in [6, 6.07) is 12.5. The van der Waals surface area contributed by atoms with Crippen molar-refractivity contribution in [2.24, 2.45) is 0 Å². The first kappa shape index (κ1) is 14.4. The van der Waals surface area contributed by atoms with Gasteiger partial charge in [0.05, 0.1) is 0 Å². The molecule has 0 bridgehead atoms. The van der Waals surface area contributed by atoms with Crippen molar-refractivity contribution in [3.05, 3.63) is 57.1 Å². The maximum Gasteiger partial charge on any atom is 0.139 e. The van der Waals surface area contributed by atoms with Gasteiger partial charge in [0.2, 0.25) is 0 Å². The molecular formula is C19H16BrN3. The number of rotatable bonds is 2. The predicted molar refractivity (Wildman–Crippen MR) is 99.1 cm³/mol. The van der Waals surface area contributed by atoms with Gasteiger partial charge in [0, 0.05) is 16.3 Å². The van der Waals surface area contributed by atoms with Gasteiger partial charge in [0.25, 0.3) is 0 Å². The number of nitrogens with one attached hydrogen (secondary N) is 1. The van der Waals surface area contributed by atoms with Crippen LogP contribution in [0.15, 0.2) is 41.0 Å². The lowest BCUT2D eigenvalue weighted by molar-refractivity contribution is 1.09. The topological polar surface area (TPSA) is 37.8 Å². The molecule has 0 aliphatic heterocycles. The van der Waals surface area contributed by atoms with E-state index in [0.29, 0.717) is 0 Å². The fourth-order valence-electron chi connectivity index (χ4n) is 2.99. The van der Waals surface area contributed by atoms with E-state index < -0.39 is 0 Å². The quantitative estimate of drug-likeness (QED) is 0.701. The van der Waals surface area contributed by atoms with Gasteiger partial charge in [-0.15, -0.1) is 0 Å². The Morgan fingerprint density at radius 3 is 2.78 bits per heavy atom. The number of aromatic nitrogens is 2. The number of pyridine rings is 2. The van der Waals surface area contributed by atoms with Crippen molar-refractivity contribution in [3.63, 3.8) is 0 Å². The van der Waals surface area contributed by atoms with Crippen LogP contribution in [0.1, 0.15) is 18.5 Å². The second kappa shape index (κ2) is 5.78. The second-order valence-electron chi connectivity index (χ2n) is 5.75. The lowest BCUT2D eigenvalue weighted by Crippen LogP contribution is -2.29. The van der Waals surface area contributed by atoms with E-state index >= 15 is 0 Å². The van der Waals surface area contributed by atoms with Gasteiger partial charge in [-0.3, -0.25) is 0 Å². The van der Waals surface area contributed by atoms with E-state index in [2.05, 4.69) is 67.6 Å². The maximum atomic E-state index is 4.65. The van der Waals surface area contributed by atoms with E-state index in [-0.39, 0.29) is 0 Å². The molecule has 2 heterocycles. The van der Waals surface area contributed by atoms with Crippen LogP contribution in [0.5, 0.6) is 0 Å². The highest BCUT2D eigenvalue weighted by atomic mass is 79.9. The van der Waals surface area contributed by atoms with Crippen LogP contribution >= 0.6 is 15.9 Å². The smallest absolute Gasteiger partial charge is 0.139 e. The van der Waals surface area contributed by atoms with E-state index in [0.717, 1.165) is 40.2 Å². The van der Waals surface area contributed by atoms with E-state index in [9.17, 15) is 0 Å². The Kier molecular flexibility index (Phi) is 3.62. The number of aryl methyl sites for hydroxylation is 1. The summed E-state index contributed by atoms with van der Waals surface area (Å²) in [7, 11) is 0. The van der Waals surface area contributed by atoms with E-state index in [1.807, 2.05) is 19.1 Å². The fourth-order valence-corrected chi connectivity index (χ4v) is 3.57. The van der Waals surface area contributed by atoms with Crippen molar-refractivity contribution >= 4 is 50.5 Å². The molecule has 23 heavy (non-hydrogen) atoms. The van der Waals surface area contributed by atoms with Crippen LogP contribution in [0, 0.1) is 6.92 Å². The van der Waals surface area contributed by atoms with Crippen LogP contribution in [0.2, 0.25) is 0 Å². The molecule has 1 aliphatic rings. The molecule has 0 atom stereocenters. The first-order valence-electron chi connectivity index (χ1n) is 7.71. The molecule has 1 aromatic carbocycles. The molecule has 1 N–H and O–H groups in total. The third-order valence-electron chi connectivity index (χ3n) is 4.04. The molecule has 0 amide bonds. The molecule has 4 rings (SSSR count). The molecule has 0 saturated heterocycles. The van der Waals surface area contributed by atoms with Crippen LogP contribution in [-0.2, 0) is 0 Å². The molecule has 114 valence electrons. The van der Waals surface area contributed by atoms with Gasteiger partial charge < -0.3 is 5.32 Å². The zero-order chi connectivity index (χ0) is 15.8. The van der Waals surface area contributed by atoms with E-state index in [4.69, 9.17) is 0 Å². The van der Waals surface area contributed by atoms with Crippen molar-refractivity contribution in [1.29, 1.82) is 0 Å². The fraction of sp³-hybridized carbons (Fsp3) is 0.158. The second-order valence-corrected chi connectivity index (χ2v) is 6.50. The van der Waals surface area contributed by atoms with Crippen LogP contribution in [0.4, 0.5) is 11.6 Å². The molecular weight excluding hydrogens is 350 g/mol. The molecule has 3 nitrogen and oxygen atoms in total. The number of benzene rings is 1. The Morgan fingerprint density at radius 2 is 1.87 bits per heavy atom. The summed E-state index contributed by atoms with van der Waals surface area (Å²) in [6.45, 7) is 2.01. The van der Waals surface area contributed by atoms with Crippen molar-refractivity contribution in [3.8, 4) is 0 Å². The SMILES string of the molecule is Cc1cc2ccccc2c(Nc2cc3c(c(Br)n2)=CCCC=3)n1. The number of hydrogen-bond acceptors (Lipinski definition) is 3. The standard InChI is InChI=1S/C19H16BrN3/c1-12-10-13-6-3-5-9-16(13)19(21-12)23-17-11-14-7-2-4-8-15(14)18(20)22-17/h3,5-11H,2,4H2,1H3,(H,21,23). The van der Waals surface area contributed by atoms with Crippen molar-refractivity contribution in [1.82, 2.24) is 9.97 Å². The Balaban J connectivity index is 1.85. The molecule has 3 aromatic rings. The minimum atomic E-state index is 0.811. The van der Waals surface area contributed by atoms with E-state index in [1.54, 1.807) is 0 Å². The third-order valence-corrected chi connectivity index (χ3v) is 4.64. The first-order chi connectivity index (χ1) is 11.2. The summed E-state index contributed by atoms with van der Waals surface area (Å²) >= 11 is 3.59. The summed E-state index contributed by atoms with van der Waals surface area (Å²) in [5, 5.41) is 8.08. The summed E-state index contributed by atoms with van der Waals surface area (Å²) < 4.78 is 0.880. The Morgan fingerprint density at radius 1 is 1.04 bits per heavy atom.